The van der Waals surface area contributed by atoms with E-state index in [2.05, 4.69) is 17.3 Å². The summed E-state index contributed by atoms with van der Waals surface area (Å²) in [5.41, 5.74) is 0. The van der Waals surface area contributed by atoms with E-state index in [1.54, 1.807) is 0 Å². The van der Waals surface area contributed by atoms with Crippen molar-refractivity contribution in [1.29, 1.82) is 0 Å². The van der Waals surface area contributed by atoms with Crippen molar-refractivity contribution in [2.24, 2.45) is 0 Å². The molecule has 5 heteroatoms. The summed E-state index contributed by atoms with van der Waals surface area (Å²) >= 11 is 0. The second-order valence-electron chi connectivity index (χ2n) is 3.63. The maximum absolute atomic E-state index is 10.7. The Morgan fingerprint density at radius 1 is 1.57 bits per heavy atom. The summed E-state index contributed by atoms with van der Waals surface area (Å²) in [6, 6.07) is 0.490. The second-order valence-corrected chi connectivity index (χ2v) is 3.63. The topological polar surface area (TPSA) is 69.6 Å². The molecule has 0 saturated carbocycles. The molecule has 14 heavy (non-hydrogen) atoms. The van der Waals surface area contributed by atoms with Crippen LogP contribution in [0.2, 0.25) is 0 Å². The van der Waals surface area contributed by atoms with Gasteiger partial charge in [-0.3, -0.25) is 4.79 Å². The Kier molecular flexibility index (Phi) is 3.88. The van der Waals surface area contributed by atoms with Crippen LogP contribution < -0.4 is 5.32 Å². The lowest BCUT2D eigenvalue weighted by molar-refractivity contribution is -0.150. The zero-order valence-corrected chi connectivity index (χ0v) is 8.32. The molecule has 1 amide bonds. The van der Waals surface area contributed by atoms with Gasteiger partial charge in [0.2, 0.25) is 0 Å². The number of nitrogens with zero attached hydrogens (tertiary/aromatic N) is 1. The number of hydrogen-bond donors (Lipinski definition) is 2. The number of nitrogens with one attached hydrogen (secondary N) is 1. The predicted octanol–water partition coefficient (Wildman–Crippen LogP) is -0.328. The van der Waals surface area contributed by atoms with E-state index in [1.165, 1.54) is 6.42 Å². The normalized spacial score (nSPS) is 22.2. The first-order valence-corrected chi connectivity index (χ1v) is 4.82. The third kappa shape index (κ3) is 2.99. The van der Waals surface area contributed by atoms with E-state index in [0.717, 1.165) is 19.4 Å². The quantitative estimate of drug-likeness (QED) is 0.612. The fourth-order valence-electron chi connectivity index (χ4n) is 1.77. The zero-order valence-electron chi connectivity index (χ0n) is 8.32. The van der Waals surface area contributed by atoms with Crippen molar-refractivity contribution in [2.45, 2.75) is 25.3 Å². The average molecular weight is 200 g/mol. The molecule has 80 valence electrons. The molecule has 0 bridgehead atoms. The Hall–Kier alpha value is -1.10. The third-order valence-corrected chi connectivity index (χ3v) is 2.63. The molecule has 0 aromatic carbocycles. The van der Waals surface area contributed by atoms with Crippen LogP contribution in [0.25, 0.3) is 0 Å². The molecule has 1 heterocycles. The number of carboxylic acid groups (broad SMARTS) is 1. The Morgan fingerprint density at radius 2 is 2.29 bits per heavy atom. The van der Waals surface area contributed by atoms with Gasteiger partial charge in [0.05, 0.1) is 0 Å². The summed E-state index contributed by atoms with van der Waals surface area (Å²) in [6.45, 7) is 1.54. The molecule has 1 fully saturated rings. The molecule has 1 aliphatic heterocycles. The van der Waals surface area contributed by atoms with Crippen molar-refractivity contribution in [1.82, 2.24) is 10.2 Å². The van der Waals surface area contributed by atoms with Crippen LogP contribution in [0.15, 0.2) is 0 Å². The van der Waals surface area contributed by atoms with Gasteiger partial charge in [-0.05, 0) is 32.9 Å². The minimum absolute atomic E-state index is 0.445. The highest BCUT2D eigenvalue weighted by Crippen LogP contribution is 2.16. The Morgan fingerprint density at radius 3 is 2.79 bits per heavy atom. The smallest absolute Gasteiger partial charge is 0.394 e. The summed E-state index contributed by atoms with van der Waals surface area (Å²) < 4.78 is 0. The molecule has 0 aliphatic carbocycles. The lowest BCUT2D eigenvalue weighted by atomic mass is 10.1. The van der Waals surface area contributed by atoms with Crippen LogP contribution in [0.5, 0.6) is 0 Å². The van der Waals surface area contributed by atoms with Gasteiger partial charge in [0.25, 0.3) is 0 Å². The van der Waals surface area contributed by atoms with Crippen LogP contribution in [0.3, 0.4) is 0 Å². The van der Waals surface area contributed by atoms with Crippen LogP contribution in [0.4, 0.5) is 0 Å². The molecule has 0 radical (unpaired) electrons. The highest BCUT2D eigenvalue weighted by atomic mass is 16.4. The first-order chi connectivity index (χ1) is 6.61. The summed E-state index contributed by atoms with van der Waals surface area (Å²) in [6.07, 6.45) is 3.16. The summed E-state index contributed by atoms with van der Waals surface area (Å²) in [7, 11) is 2.05. The van der Waals surface area contributed by atoms with E-state index in [-0.39, 0.29) is 0 Å². The Balaban J connectivity index is 2.15. The lowest BCUT2D eigenvalue weighted by Crippen LogP contribution is -2.35. The number of carboxylic acids is 1. The van der Waals surface area contributed by atoms with Gasteiger partial charge in [0.15, 0.2) is 0 Å². The van der Waals surface area contributed by atoms with Crippen molar-refractivity contribution in [3.63, 3.8) is 0 Å². The molecule has 1 aliphatic rings. The van der Waals surface area contributed by atoms with Gasteiger partial charge < -0.3 is 15.3 Å². The first-order valence-electron chi connectivity index (χ1n) is 4.82. The van der Waals surface area contributed by atoms with Gasteiger partial charge in [-0.1, -0.05) is 0 Å². The Labute approximate surface area is 83.1 Å². The number of amides is 1. The van der Waals surface area contributed by atoms with Gasteiger partial charge in [0, 0.05) is 12.6 Å². The van der Waals surface area contributed by atoms with Crippen LogP contribution >= 0.6 is 0 Å². The van der Waals surface area contributed by atoms with Crippen molar-refractivity contribution < 1.29 is 14.7 Å². The molecule has 1 atom stereocenters. The van der Waals surface area contributed by atoms with Crippen molar-refractivity contribution in [2.75, 3.05) is 20.1 Å². The van der Waals surface area contributed by atoms with Gasteiger partial charge in [-0.2, -0.15) is 0 Å². The molecule has 1 rings (SSSR count). The van der Waals surface area contributed by atoms with Crippen molar-refractivity contribution >= 4 is 11.9 Å². The van der Waals surface area contributed by atoms with Gasteiger partial charge in [-0.25, -0.2) is 4.79 Å². The molecule has 5 nitrogen and oxygen atoms in total. The van der Waals surface area contributed by atoms with E-state index < -0.39 is 11.9 Å². The summed E-state index contributed by atoms with van der Waals surface area (Å²) in [5.74, 6) is -2.32. The molecule has 0 spiro atoms. The number of hydrogen-bond acceptors (Lipinski definition) is 3. The Bertz CT molecular complexity index is 230. The molecule has 2 N–H and O–H groups in total. The number of carbonyl (C=O) groups is 2. The van der Waals surface area contributed by atoms with Crippen molar-refractivity contribution in [3.8, 4) is 0 Å². The van der Waals surface area contributed by atoms with Gasteiger partial charge >= 0.3 is 11.9 Å². The lowest BCUT2D eigenvalue weighted by Gasteiger charge is -2.18. The number of rotatable bonds is 3. The number of carbonyl (C=O) groups excluding carboxylic acids is 1. The summed E-state index contributed by atoms with van der Waals surface area (Å²) in [5, 5.41) is 10.7. The predicted molar refractivity (Wildman–Crippen MR) is 50.9 cm³/mol. The average Bonchev–Trinajstić information content (AvgIpc) is 2.51. The maximum Gasteiger partial charge on any atom is 0.394 e. The minimum Gasteiger partial charge on any atom is -0.474 e. The van der Waals surface area contributed by atoms with E-state index in [1.807, 2.05) is 0 Å². The molecule has 1 unspecified atom stereocenters. The largest absolute Gasteiger partial charge is 0.474 e. The zero-order chi connectivity index (χ0) is 10.6. The molecule has 1 saturated heterocycles. The fraction of sp³-hybridized carbons (Fsp3) is 0.778. The SMILES string of the molecule is CN1CCCC1CCNC(=O)C(=O)O. The molecular formula is C9H16N2O3. The second kappa shape index (κ2) is 4.95. The minimum atomic E-state index is -1.41. The highest BCUT2D eigenvalue weighted by molar-refractivity contribution is 6.31. The summed E-state index contributed by atoms with van der Waals surface area (Å²) in [4.78, 5) is 23.1. The molecular weight excluding hydrogens is 184 g/mol. The van der Waals surface area contributed by atoms with Crippen LogP contribution in [0, 0.1) is 0 Å². The van der Waals surface area contributed by atoms with Crippen LogP contribution in [0.1, 0.15) is 19.3 Å². The standard InChI is InChI=1S/C9H16N2O3/c1-11-6-2-3-7(11)4-5-10-8(12)9(13)14/h7H,2-6H2,1H3,(H,10,12)(H,13,14). The van der Waals surface area contributed by atoms with E-state index in [4.69, 9.17) is 5.11 Å². The number of aliphatic carboxylic acids is 1. The monoisotopic (exact) mass is 200 g/mol. The van der Waals surface area contributed by atoms with Gasteiger partial charge in [-0.15, -0.1) is 0 Å². The van der Waals surface area contributed by atoms with Crippen LogP contribution in [-0.4, -0.2) is 48.1 Å². The molecule has 0 aromatic heterocycles. The van der Waals surface area contributed by atoms with E-state index in [9.17, 15) is 9.59 Å². The third-order valence-electron chi connectivity index (χ3n) is 2.63. The maximum atomic E-state index is 10.7. The highest BCUT2D eigenvalue weighted by Gasteiger charge is 2.20. The molecule has 0 aromatic rings. The fourth-order valence-corrected chi connectivity index (χ4v) is 1.77. The van der Waals surface area contributed by atoms with E-state index in [0.29, 0.717) is 12.6 Å². The van der Waals surface area contributed by atoms with Crippen molar-refractivity contribution in [3.05, 3.63) is 0 Å². The van der Waals surface area contributed by atoms with Gasteiger partial charge in [0.1, 0.15) is 0 Å². The van der Waals surface area contributed by atoms with Crippen LogP contribution in [-0.2, 0) is 9.59 Å². The van der Waals surface area contributed by atoms with E-state index >= 15 is 0 Å². The first kappa shape index (κ1) is 11.0. The number of likely N-dealkylation sites (tertiary alicyclic amines) is 1.